The summed E-state index contributed by atoms with van der Waals surface area (Å²) in [4.78, 5) is 11.5. The normalized spacial score (nSPS) is 16.3. The van der Waals surface area contributed by atoms with Crippen molar-refractivity contribution < 1.29 is 4.79 Å². The Kier molecular flexibility index (Phi) is 4.72. The lowest BCUT2D eigenvalue weighted by Crippen LogP contribution is -2.34. The molecule has 2 aromatic rings. The Labute approximate surface area is 142 Å². The van der Waals surface area contributed by atoms with E-state index in [2.05, 4.69) is 34.9 Å². The number of hydrogen-bond donors (Lipinski definition) is 2. The van der Waals surface area contributed by atoms with Crippen molar-refractivity contribution in [3.05, 3.63) is 65.2 Å². The summed E-state index contributed by atoms with van der Waals surface area (Å²) in [5.74, 6) is 0.0498. The maximum atomic E-state index is 11.5. The number of Topliss-reactive ketones (excluding diaryl/α,β-unsaturated/α-hetero) is 1. The van der Waals surface area contributed by atoms with Gasteiger partial charge in [0.2, 0.25) is 0 Å². The van der Waals surface area contributed by atoms with Crippen LogP contribution >= 0.6 is 12.2 Å². The van der Waals surface area contributed by atoms with E-state index in [4.69, 9.17) is 12.2 Å². The third-order valence-corrected chi connectivity index (χ3v) is 4.42. The van der Waals surface area contributed by atoms with Crippen LogP contribution < -0.4 is 10.6 Å². The number of benzene rings is 2. The van der Waals surface area contributed by atoms with Gasteiger partial charge in [-0.25, -0.2) is 0 Å². The number of fused-ring (bicyclic) bond motifs is 1. The highest BCUT2D eigenvalue weighted by atomic mass is 32.1. The SMILES string of the molecule is CC(=O)c1cccc(NC(=S)N[C@@H]2CCCc3ccccc32)c1. The molecule has 0 fully saturated rings. The summed E-state index contributed by atoms with van der Waals surface area (Å²) in [5, 5.41) is 7.18. The Morgan fingerprint density at radius 2 is 2.00 bits per heavy atom. The van der Waals surface area contributed by atoms with Crippen LogP contribution in [-0.2, 0) is 6.42 Å². The summed E-state index contributed by atoms with van der Waals surface area (Å²) in [7, 11) is 0. The summed E-state index contributed by atoms with van der Waals surface area (Å²) in [6, 6.07) is 16.2. The second-order valence-corrected chi connectivity index (χ2v) is 6.29. The molecular formula is C19H20N2OS. The fourth-order valence-corrected chi connectivity index (χ4v) is 3.31. The minimum absolute atomic E-state index is 0.0498. The summed E-state index contributed by atoms with van der Waals surface area (Å²) < 4.78 is 0. The van der Waals surface area contributed by atoms with Crippen LogP contribution in [0.1, 0.15) is 47.3 Å². The van der Waals surface area contributed by atoms with Gasteiger partial charge in [0, 0.05) is 11.3 Å². The fraction of sp³-hybridized carbons (Fsp3) is 0.263. The highest BCUT2D eigenvalue weighted by Gasteiger charge is 2.20. The molecule has 0 aliphatic heterocycles. The fourth-order valence-electron chi connectivity index (χ4n) is 3.05. The molecule has 0 spiro atoms. The molecule has 0 saturated heterocycles. The Morgan fingerprint density at radius 1 is 1.17 bits per heavy atom. The third kappa shape index (κ3) is 3.77. The lowest BCUT2D eigenvalue weighted by molar-refractivity contribution is 0.101. The molecule has 0 unspecified atom stereocenters. The monoisotopic (exact) mass is 324 g/mol. The second-order valence-electron chi connectivity index (χ2n) is 5.88. The molecule has 2 aromatic carbocycles. The van der Waals surface area contributed by atoms with Gasteiger partial charge in [0.05, 0.1) is 6.04 Å². The molecule has 0 amide bonds. The maximum Gasteiger partial charge on any atom is 0.171 e. The van der Waals surface area contributed by atoms with Crippen LogP contribution in [-0.4, -0.2) is 10.9 Å². The Morgan fingerprint density at radius 3 is 2.83 bits per heavy atom. The van der Waals surface area contributed by atoms with E-state index in [1.54, 1.807) is 13.0 Å². The quantitative estimate of drug-likeness (QED) is 0.654. The summed E-state index contributed by atoms with van der Waals surface area (Å²) >= 11 is 5.45. The van der Waals surface area contributed by atoms with Crippen LogP contribution in [0.3, 0.4) is 0 Å². The van der Waals surface area contributed by atoms with E-state index >= 15 is 0 Å². The molecule has 2 N–H and O–H groups in total. The molecule has 0 heterocycles. The van der Waals surface area contributed by atoms with Crippen LogP contribution in [0.5, 0.6) is 0 Å². The topological polar surface area (TPSA) is 41.1 Å². The van der Waals surface area contributed by atoms with Crippen LogP contribution in [0.25, 0.3) is 0 Å². The molecule has 3 rings (SSSR count). The number of carbonyl (C=O) groups is 1. The van der Waals surface area contributed by atoms with Crippen molar-refractivity contribution >= 4 is 28.8 Å². The van der Waals surface area contributed by atoms with E-state index in [1.807, 2.05) is 18.2 Å². The molecule has 0 radical (unpaired) electrons. The molecule has 1 atom stereocenters. The lowest BCUT2D eigenvalue weighted by atomic mass is 9.88. The first kappa shape index (κ1) is 15.7. The van der Waals surface area contributed by atoms with E-state index in [9.17, 15) is 4.79 Å². The molecule has 23 heavy (non-hydrogen) atoms. The molecule has 1 aliphatic carbocycles. The van der Waals surface area contributed by atoms with Crippen molar-refractivity contribution in [1.29, 1.82) is 0 Å². The van der Waals surface area contributed by atoms with E-state index in [1.165, 1.54) is 11.1 Å². The van der Waals surface area contributed by atoms with Gasteiger partial charge in [-0.2, -0.15) is 0 Å². The minimum atomic E-state index is 0.0498. The van der Waals surface area contributed by atoms with Crippen LogP contribution in [0, 0.1) is 0 Å². The zero-order valence-electron chi connectivity index (χ0n) is 13.1. The number of rotatable bonds is 3. The predicted molar refractivity (Wildman–Crippen MR) is 97.9 cm³/mol. The average molecular weight is 324 g/mol. The van der Waals surface area contributed by atoms with E-state index < -0.39 is 0 Å². The van der Waals surface area contributed by atoms with Gasteiger partial charge in [-0.05, 0) is 61.7 Å². The smallest absolute Gasteiger partial charge is 0.171 e. The van der Waals surface area contributed by atoms with E-state index in [0.717, 1.165) is 24.9 Å². The highest BCUT2D eigenvalue weighted by molar-refractivity contribution is 7.80. The first-order valence-electron chi connectivity index (χ1n) is 7.90. The molecule has 0 bridgehead atoms. The summed E-state index contributed by atoms with van der Waals surface area (Å²) in [6.45, 7) is 1.56. The number of hydrogen-bond acceptors (Lipinski definition) is 2. The molecular weight excluding hydrogens is 304 g/mol. The van der Waals surface area contributed by atoms with Crippen LogP contribution in [0.15, 0.2) is 48.5 Å². The second kappa shape index (κ2) is 6.92. The van der Waals surface area contributed by atoms with E-state index in [0.29, 0.717) is 10.7 Å². The van der Waals surface area contributed by atoms with Gasteiger partial charge < -0.3 is 10.6 Å². The van der Waals surface area contributed by atoms with Gasteiger partial charge in [-0.1, -0.05) is 36.4 Å². The van der Waals surface area contributed by atoms with Crippen molar-refractivity contribution in [2.75, 3.05) is 5.32 Å². The first-order chi connectivity index (χ1) is 11.1. The summed E-state index contributed by atoms with van der Waals surface area (Å²) in [6.07, 6.45) is 3.37. The zero-order valence-corrected chi connectivity index (χ0v) is 14.0. The molecule has 0 saturated carbocycles. The van der Waals surface area contributed by atoms with Crippen molar-refractivity contribution in [3.8, 4) is 0 Å². The van der Waals surface area contributed by atoms with Crippen LogP contribution in [0.4, 0.5) is 5.69 Å². The number of thiocarbonyl (C=S) groups is 1. The highest BCUT2D eigenvalue weighted by Crippen LogP contribution is 2.29. The summed E-state index contributed by atoms with van der Waals surface area (Å²) in [5.41, 5.74) is 4.25. The van der Waals surface area contributed by atoms with Crippen molar-refractivity contribution in [2.45, 2.75) is 32.2 Å². The van der Waals surface area contributed by atoms with Gasteiger partial charge in [-0.15, -0.1) is 0 Å². The maximum absolute atomic E-state index is 11.5. The molecule has 3 nitrogen and oxygen atoms in total. The van der Waals surface area contributed by atoms with Crippen molar-refractivity contribution in [1.82, 2.24) is 5.32 Å². The minimum Gasteiger partial charge on any atom is -0.356 e. The molecule has 1 aliphatic rings. The Bertz CT molecular complexity index is 742. The number of aryl methyl sites for hydroxylation is 1. The van der Waals surface area contributed by atoms with Crippen molar-refractivity contribution in [2.24, 2.45) is 0 Å². The Hall–Kier alpha value is -2.20. The van der Waals surface area contributed by atoms with Gasteiger partial charge in [0.15, 0.2) is 10.9 Å². The van der Waals surface area contributed by atoms with Gasteiger partial charge in [-0.3, -0.25) is 4.79 Å². The number of nitrogens with one attached hydrogen (secondary N) is 2. The zero-order chi connectivity index (χ0) is 16.2. The number of ketones is 1. The molecule has 118 valence electrons. The van der Waals surface area contributed by atoms with Gasteiger partial charge in [0.25, 0.3) is 0 Å². The van der Waals surface area contributed by atoms with Crippen LogP contribution in [0.2, 0.25) is 0 Å². The third-order valence-electron chi connectivity index (χ3n) is 4.20. The number of carbonyl (C=O) groups excluding carboxylic acids is 1. The first-order valence-corrected chi connectivity index (χ1v) is 8.30. The standard InChI is InChI=1S/C19H20N2OS/c1-13(22)15-8-4-9-16(12-15)20-19(23)21-18-11-5-7-14-6-2-3-10-17(14)18/h2-4,6,8-10,12,18H,5,7,11H2,1H3,(H2,20,21,23)/t18-/m1/s1. The number of anilines is 1. The average Bonchev–Trinajstić information content (AvgIpc) is 2.55. The van der Waals surface area contributed by atoms with Gasteiger partial charge >= 0.3 is 0 Å². The van der Waals surface area contributed by atoms with Crippen molar-refractivity contribution in [3.63, 3.8) is 0 Å². The Balaban J connectivity index is 1.69. The van der Waals surface area contributed by atoms with E-state index in [-0.39, 0.29) is 11.8 Å². The largest absolute Gasteiger partial charge is 0.356 e. The molecule has 4 heteroatoms. The lowest BCUT2D eigenvalue weighted by Gasteiger charge is -2.27. The van der Waals surface area contributed by atoms with Gasteiger partial charge in [0.1, 0.15) is 0 Å². The molecule has 0 aromatic heterocycles. The predicted octanol–water partition coefficient (Wildman–Crippen LogP) is 4.25.